The number of carbonyl (C=O) groups is 1. The van der Waals surface area contributed by atoms with Gasteiger partial charge in [-0.15, -0.1) is 5.06 Å². The first-order valence-corrected chi connectivity index (χ1v) is 15.0. The van der Waals surface area contributed by atoms with Gasteiger partial charge in [0, 0.05) is 37.3 Å². The normalized spacial score (nSPS) is 22.5. The topological polar surface area (TPSA) is 144 Å². The maximum Gasteiger partial charge on any atom is 0.430 e. The van der Waals surface area contributed by atoms with E-state index in [1.807, 2.05) is 18.5 Å². The van der Waals surface area contributed by atoms with E-state index >= 15 is 0 Å². The van der Waals surface area contributed by atoms with Crippen LogP contribution in [0.5, 0.6) is 5.75 Å². The molecule has 3 heterocycles. The van der Waals surface area contributed by atoms with Crippen LogP contribution in [-0.2, 0) is 4.84 Å². The predicted octanol–water partition coefficient (Wildman–Crippen LogP) is 4.67. The number of para-hydroxylation sites is 2. The van der Waals surface area contributed by atoms with Crippen LogP contribution in [0.2, 0.25) is 0 Å². The number of methoxy groups -OCH3 is 1. The molecule has 12 heteroatoms. The summed E-state index contributed by atoms with van der Waals surface area (Å²) >= 11 is 0. The Labute approximate surface area is 240 Å². The lowest BCUT2D eigenvalue weighted by Gasteiger charge is -2.31. The summed E-state index contributed by atoms with van der Waals surface area (Å²) in [4.78, 5) is 32.7. The number of hydrogen-bond acceptors (Lipinski definition) is 10. The van der Waals surface area contributed by atoms with Crippen LogP contribution in [0.4, 0.5) is 22.2 Å². The number of aromatic nitrogens is 4. The van der Waals surface area contributed by atoms with Gasteiger partial charge < -0.3 is 30.5 Å². The van der Waals surface area contributed by atoms with E-state index in [4.69, 9.17) is 30.3 Å². The first-order valence-electron chi connectivity index (χ1n) is 15.0. The minimum Gasteiger partial charge on any atom is -0.495 e. The molecule has 1 aliphatic heterocycles. The highest BCUT2D eigenvalue weighted by atomic mass is 16.7. The molecule has 41 heavy (non-hydrogen) atoms. The number of carbonyl (C=O) groups excluding carboxylic acids is 1. The highest BCUT2D eigenvalue weighted by Crippen LogP contribution is 2.34. The van der Waals surface area contributed by atoms with E-state index in [0.717, 1.165) is 68.3 Å². The molecule has 12 nitrogen and oxygen atoms in total. The molecule has 3 aliphatic rings. The number of ether oxygens (including phenoxy) is 1. The second-order valence-electron chi connectivity index (χ2n) is 11.5. The first kappa shape index (κ1) is 27.5. The van der Waals surface area contributed by atoms with Crippen molar-refractivity contribution in [3.05, 3.63) is 30.6 Å². The number of anilines is 3. The van der Waals surface area contributed by atoms with Crippen LogP contribution >= 0.6 is 0 Å². The summed E-state index contributed by atoms with van der Waals surface area (Å²) in [7, 11) is 1.57. The van der Waals surface area contributed by atoms with Crippen LogP contribution in [0, 0.1) is 0 Å². The predicted molar refractivity (Wildman–Crippen MR) is 158 cm³/mol. The van der Waals surface area contributed by atoms with Gasteiger partial charge in [-0.1, -0.05) is 25.0 Å². The maximum absolute atomic E-state index is 12.5. The fraction of sp³-hybridized carbons (Fsp3) is 0.586. The van der Waals surface area contributed by atoms with Gasteiger partial charge in [0.25, 0.3) is 0 Å². The molecule has 0 unspecified atom stereocenters. The van der Waals surface area contributed by atoms with Crippen LogP contribution in [0.15, 0.2) is 30.6 Å². The van der Waals surface area contributed by atoms with Gasteiger partial charge in [-0.05, 0) is 63.5 Å². The standard InChI is InChI=1S/C29H41N9O3/c1-40-24-9-5-4-8-23(24)34-29(39)41-37-16-14-21(15-17-37)32-26-25-27(38(18-31-25)22-6-2-3-7-22)36-28(35-26)33-20-12-10-19(30)11-13-20/h4-5,8-9,18-22H,2-3,6-7,10-17,30H2,1H3,(H,34,39)(H2,32,33,35,36)/t19-,20-. The van der Waals surface area contributed by atoms with Gasteiger partial charge in [0.2, 0.25) is 5.95 Å². The average Bonchev–Trinajstić information content (AvgIpc) is 3.66. The summed E-state index contributed by atoms with van der Waals surface area (Å²) in [6, 6.07) is 8.47. The van der Waals surface area contributed by atoms with Crippen molar-refractivity contribution in [2.75, 3.05) is 36.1 Å². The Morgan fingerprint density at radius 3 is 2.44 bits per heavy atom. The Kier molecular flexibility index (Phi) is 8.38. The molecule has 6 rings (SSSR count). The highest BCUT2D eigenvalue weighted by Gasteiger charge is 2.27. The number of piperidine rings is 1. The van der Waals surface area contributed by atoms with Crippen molar-refractivity contribution in [2.24, 2.45) is 5.73 Å². The lowest BCUT2D eigenvalue weighted by atomic mass is 9.92. The third kappa shape index (κ3) is 6.48. The molecule has 220 valence electrons. The number of nitrogens with zero attached hydrogens (tertiary/aromatic N) is 5. The third-order valence-corrected chi connectivity index (χ3v) is 8.60. The van der Waals surface area contributed by atoms with Gasteiger partial charge >= 0.3 is 6.09 Å². The van der Waals surface area contributed by atoms with Crippen molar-refractivity contribution >= 4 is 34.7 Å². The Morgan fingerprint density at radius 1 is 0.951 bits per heavy atom. The largest absolute Gasteiger partial charge is 0.495 e. The number of rotatable bonds is 8. The molecule has 2 aromatic heterocycles. The van der Waals surface area contributed by atoms with E-state index in [1.165, 1.54) is 12.8 Å². The second kappa shape index (κ2) is 12.5. The van der Waals surface area contributed by atoms with E-state index in [0.29, 0.717) is 48.6 Å². The van der Waals surface area contributed by atoms with Crippen LogP contribution in [0.1, 0.15) is 70.3 Å². The van der Waals surface area contributed by atoms with Gasteiger partial charge in [-0.2, -0.15) is 9.97 Å². The van der Waals surface area contributed by atoms with Crippen LogP contribution in [0.3, 0.4) is 0 Å². The molecule has 0 radical (unpaired) electrons. The minimum absolute atomic E-state index is 0.169. The van der Waals surface area contributed by atoms with Gasteiger partial charge in [0.1, 0.15) is 5.75 Å². The lowest BCUT2D eigenvalue weighted by molar-refractivity contribution is -0.107. The molecule has 2 aliphatic carbocycles. The Hall–Kier alpha value is -3.64. The molecule has 1 saturated heterocycles. The van der Waals surface area contributed by atoms with E-state index in [9.17, 15) is 4.79 Å². The average molecular weight is 564 g/mol. The fourth-order valence-corrected chi connectivity index (χ4v) is 6.26. The Morgan fingerprint density at radius 2 is 1.68 bits per heavy atom. The third-order valence-electron chi connectivity index (χ3n) is 8.60. The number of amides is 1. The lowest BCUT2D eigenvalue weighted by Crippen LogP contribution is -2.41. The zero-order valence-corrected chi connectivity index (χ0v) is 23.7. The molecular formula is C29H41N9O3. The molecule has 0 bridgehead atoms. The van der Waals surface area contributed by atoms with E-state index in [-0.39, 0.29) is 6.04 Å². The van der Waals surface area contributed by atoms with Gasteiger partial charge in [0.15, 0.2) is 17.0 Å². The molecule has 3 fully saturated rings. The SMILES string of the molecule is COc1ccccc1NC(=O)ON1CCC(Nc2nc(N[C@H]3CC[C@H](N)CC3)nc3c2ncn3C2CCCC2)CC1. The van der Waals surface area contributed by atoms with Gasteiger partial charge in [0.05, 0.1) is 19.1 Å². The summed E-state index contributed by atoms with van der Waals surface area (Å²) in [6.45, 7) is 1.21. The van der Waals surface area contributed by atoms with Crippen LogP contribution in [-0.4, -0.2) is 69.0 Å². The zero-order chi connectivity index (χ0) is 28.2. The second-order valence-corrected chi connectivity index (χ2v) is 11.5. The van der Waals surface area contributed by atoms with Crippen LogP contribution in [0.25, 0.3) is 11.2 Å². The van der Waals surface area contributed by atoms with E-state index < -0.39 is 6.09 Å². The Balaban J connectivity index is 1.11. The molecule has 2 saturated carbocycles. The number of nitrogens with one attached hydrogen (secondary N) is 3. The summed E-state index contributed by atoms with van der Waals surface area (Å²) < 4.78 is 7.55. The monoisotopic (exact) mass is 563 g/mol. The smallest absolute Gasteiger partial charge is 0.430 e. The zero-order valence-electron chi connectivity index (χ0n) is 23.7. The van der Waals surface area contributed by atoms with E-state index in [1.54, 1.807) is 24.3 Å². The fourth-order valence-electron chi connectivity index (χ4n) is 6.26. The van der Waals surface area contributed by atoms with Crippen molar-refractivity contribution in [3.8, 4) is 5.75 Å². The van der Waals surface area contributed by atoms with Crippen molar-refractivity contribution in [1.29, 1.82) is 0 Å². The first-order chi connectivity index (χ1) is 20.1. The number of nitrogens with two attached hydrogens (primary N) is 1. The summed E-state index contributed by atoms with van der Waals surface area (Å²) in [5, 5.41) is 11.7. The number of benzene rings is 1. The number of hydrogen-bond donors (Lipinski definition) is 4. The molecule has 1 amide bonds. The molecule has 0 atom stereocenters. The molecule has 5 N–H and O–H groups in total. The molecule has 0 spiro atoms. The summed E-state index contributed by atoms with van der Waals surface area (Å²) in [5.74, 6) is 1.99. The van der Waals surface area contributed by atoms with Gasteiger partial charge in [-0.3, -0.25) is 5.32 Å². The highest BCUT2D eigenvalue weighted by molar-refractivity contribution is 5.86. The van der Waals surface area contributed by atoms with Gasteiger partial charge in [-0.25, -0.2) is 9.78 Å². The van der Waals surface area contributed by atoms with Crippen LogP contribution < -0.4 is 26.4 Å². The quantitative estimate of drug-likeness (QED) is 0.305. The maximum atomic E-state index is 12.5. The Bertz CT molecular complexity index is 1330. The molecule has 1 aromatic carbocycles. The molecular weight excluding hydrogens is 522 g/mol. The van der Waals surface area contributed by atoms with Crippen molar-refractivity contribution in [2.45, 2.75) is 88.4 Å². The van der Waals surface area contributed by atoms with Crippen molar-refractivity contribution in [3.63, 3.8) is 0 Å². The molecule has 3 aromatic rings. The minimum atomic E-state index is -0.532. The van der Waals surface area contributed by atoms with Crippen molar-refractivity contribution in [1.82, 2.24) is 24.6 Å². The summed E-state index contributed by atoms with van der Waals surface area (Å²) in [5.41, 5.74) is 8.40. The van der Waals surface area contributed by atoms with Crippen molar-refractivity contribution < 1.29 is 14.4 Å². The number of imidazole rings is 1. The summed E-state index contributed by atoms with van der Waals surface area (Å²) in [6.07, 6.45) is 11.9. The number of hydroxylamine groups is 2. The van der Waals surface area contributed by atoms with E-state index in [2.05, 4.69) is 20.5 Å². The number of fused-ring (bicyclic) bond motifs is 1.